The van der Waals surface area contributed by atoms with Crippen molar-refractivity contribution in [3.8, 4) is 5.75 Å². The Hall–Kier alpha value is -6.20. The Labute approximate surface area is 287 Å². The van der Waals surface area contributed by atoms with Gasteiger partial charge in [0.15, 0.2) is 17.7 Å². The van der Waals surface area contributed by atoms with E-state index in [2.05, 4.69) is 10.3 Å². The standard InChI is InChI=1S/C33H32F4N6O8/c1-40(2)26(44)10-6-5-9-24(51-33(49)41(3)4)30(45)38-22-8-7-13-42(31(22)46)16-25-39-28-23(43(25)32(47)48)15-21(36)27(37)29(28)50-17-18-11-12-19(34)14-20(18)35/h6-8,10-15,24H,5,9,16-17H2,1-4H3,(H,38,45)(H,47,48)/b10-6+/t24-/m0/s1. The predicted molar refractivity (Wildman–Crippen MR) is 173 cm³/mol. The van der Waals surface area contributed by atoms with Crippen molar-refractivity contribution in [3.05, 3.63) is 99.8 Å². The number of halogens is 4. The fourth-order valence-corrected chi connectivity index (χ4v) is 4.59. The molecule has 51 heavy (non-hydrogen) atoms. The Balaban J connectivity index is 1.63. The van der Waals surface area contributed by atoms with Crippen molar-refractivity contribution in [2.45, 2.75) is 32.1 Å². The second-order valence-corrected chi connectivity index (χ2v) is 11.4. The Morgan fingerprint density at radius 3 is 2.39 bits per heavy atom. The number of ether oxygens (including phenoxy) is 2. The maximum absolute atomic E-state index is 15.0. The maximum Gasteiger partial charge on any atom is 0.417 e. The number of allylic oxidation sites excluding steroid dienone is 1. The van der Waals surface area contributed by atoms with E-state index in [1.807, 2.05) is 0 Å². The lowest BCUT2D eigenvalue weighted by atomic mass is 10.1. The normalized spacial score (nSPS) is 11.8. The number of imidazole rings is 1. The van der Waals surface area contributed by atoms with Crippen LogP contribution in [0, 0.1) is 23.3 Å². The van der Waals surface area contributed by atoms with Gasteiger partial charge in [0.25, 0.3) is 11.5 Å². The molecule has 2 N–H and O–H groups in total. The minimum Gasteiger partial charge on any atom is -0.483 e. The molecule has 0 spiro atoms. The van der Waals surface area contributed by atoms with Gasteiger partial charge in [0.2, 0.25) is 11.7 Å². The van der Waals surface area contributed by atoms with Gasteiger partial charge in [0, 0.05) is 52.1 Å². The first-order valence-electron chi connectivity index (χ1n) is 15.0. The molecule has 270 valence electrons. The van der Waals surface area contributed by atoms with E-state index in [9.17, 15) is 46.6 Å². The summed E-state index contributed by atoms with van der Waals surface area (Å²) in [5.74, 6) is -7.42. The summed E-state index contributed by atoms with van der Waals surface area (Å²) in [6.45, 7) is -1.30. The van der Waals surface area contributed by atoms with E-state index in [0.29, 0.717) is 16.7 Å². The highest BCUT2D eigenvalue weighted by Crippen LogP contribution is 2.32. The van der Waals surface area contributed by atoms with E-state index < -0.39 is 88.8 Å². The maximum atomic E-state index is 15.0. The Morgan fingerprint density at radius 1 is 1.02 bits per heavy atom. The summed E-state index contributed by atoms with van der Waals surface area (Å²) in [5.41, 5.74) is -2.31. The Morgan fingerprint density at radius 2 is 1.75 bits per heavy atom. The zero-order valence-electron chi connectivity index (χ0n) is 27.7. The molecule has 0 saturated heterocycles. The fourth-order valence-electron chi connectivity index (χ4n) is 4.59. The summed E-state index contributed by atoms with van der Waals surface area (Å²) in [5, 5.41) is 12.4. The van der Waals surface area contributed by atoms with E-state index in [4.69, 9.17) is 9.47 Å². The van der Waals surface area contributed by atoms with Crippen LogP contribution in [0.4, 0.5) is 32.8 Å². The molecule has 0 radical (unpaired) electrons. The number of pyridine rings is 1. The molecule has 0 aliphatic carbocycles. The van der Waals surface area contributed by atoms with Crippen LogP contribution in [-0.4, -0.2) is 87.3 Å². The topological polar surface area (TPSA) is 165 Å². The number of carbonyl (C=O) groups excluding carboxylic acids is 3. The van der Waals surface area contributed by atoms with Gasteiger partial charge in [-0.05, 0) is 43.2 Å². The first-order valence-corrected chi connectivity index (χ1v) is 15.0. The molecule has 0 bridgehead atoms. The number of anilines is 1. The molecular weight excluding hydrogens is 684 g/mol. The fraction of sp³-hybridized carbons (Fsp3) is 0.273. The lowest BCUT2D eigenvalue weighted by molar-refractivity contribution is -0.125. The van der Waals surface area contributed by atoms with Gasteiger partial charge >= 0.3 is 12.2 Å². The van der Waals surface area contributed by atoms with Gasteiger partial charge in [-0.3, -0.25) is 14.4 Å². The van der Waals surface area contributed by atoms with Gasteiger partial charge in [-0.15, -0.1) is 0 Å². The highest BCUT2D eigenvalue weighted by Gasteiger charge is 2.27. The number of nitrogens with zero attached hydrogens (tertiary/aromatic N) is 5. The molecule has 3 amide bonds. The van der Waals surface area contributed by atoms with Crippen LogP contribution >= 0.6 is 0 Å². The minimum absolute atomic E-state index is 0.0579. The minimum atomic E-state index is -1.68. The number of aromatic nitrogens is 3. The molecule has 14 nitrogen and oxygen atoms in total. The van der Waals surface area contributed by atoms with Gasteiger partial charge in [-0.2, -0.15) is 4.39 Å². The monoisotopic (exact) mass is 716 g/mol. The first-order chi connectivity index (χ1) is 24.1. The van der Waals surface area contributed by atoms with Crippen LogP contribution < -0.4 is 15.6 Å². The summed E-state index contributed by atoms with van der Waals surface area (Å²) in [6, 6.07) is 5.65. The van der Waals surface area contributed by atoms with Crippen molar-refractivity contribution in [1.82, 2.24) is 23.9 Å². The number of nitrogens with one attached hydrogen (secondary N) is 1. The number of fused-ring (bicyclic) bond motifs is 1. The smallest absolute Gasteiger partial charge is 0.417 e. The van der Waals surface area contributed by atoms with Crippen LogP contribution in [0.25, 0.3) is 11.0 Å². The van der Waals surface area contributed by atoms with E-state index in [1.165, 1.54) is 49.5 Å². The van der Waals surface area contributed by atoms with E-state index in [0.717, 1.165) is 21.6 Å². The lowest BCUT2D eigenvalue weighted by Crippen LogP contribution is -2.37. The molecule has 0 fully saturated rings. The van der Waals surface area contributed by atoms with E-state index in [-0.39, 0.29) is 30.0 Å². The van der Waals surface area contributed by atoms with Crippen molar-refractivity contribution in [1.29, 1.82) is 0 Å². The summed E-state index contributed by atoms with van der Waals surface area (Å²) < 4.78 is 69.2. The van der Waals surface area contributed by atoms with Crippen molar-refractivity contribution >= 4 is 40.7 Å². The molecule has 1 atom stereocenters. The molecule has 0 aliphatic heterocycles. The number of hydrogen-bond donors (Lipinski definition) is 2. The van der Waals surface area contributed by atoms with Crippen LogP contribution in [0.2, 0.25) is 0 Å². The number of carbonyl (C=O) groups is 4. The Kier molecular flexibility index (Phi) is 11.8. The summed E-state index contributed by atoms with van der Waals surface area (Å²) in [4.78, 5) is 69.6. The summed E-state index contributed by atoms with van der Waals surface area (Å²) in [6.07, 6.45) is 0.174. The van der Waals surface area contributed by atoms with E-state index in [1.54, 1.807) is 14.1 Å². The predicted octanol–water partition coefficient (Wildman–Crippen LogP) is 4.34. The molecule has 2 aromatic heterocycles. The van der Waals surface area contributed by atoms with Crippen LogP contribution in [0.3, 0.4) is 0 Å². The second-order valence-electron chi connectivity index (χ2n) is 11.4. The second kappa shape index (κ2) is 16.0. The molecule has 18 heteroatoms. The summed E-state index contributed by atoms with van der Waals surface area (Å²) in [7, 11) is 5.91. The van der Waals surface area contributed by atoms with Crippen LogP contribution in [0.1, 0.15) is 24.2 Å². The summed E-state index contributed by atoms with van der Waals surface area (Å²) >= 11 is 0. The zero-order valence-corrected chi connectivity index (χ0v) is 27.7. The number of amides is 3. The quantitative estimate of drug-likeness (QED) is 0.160. The van der Waals surface area contributed by atoms with Gasteiger partial charge in [-0.1, -0.05) is 6.08 Å². The highest BCUT2D eigenvalue weighted by molar-refractivity contribution is 5.95. The molecule has 0 saturated carbocycles. The van der Waals surface area contributed by atoms with Crippen molar-refractivity contribution in [2.75, 3.05) is 33.5 Å². The Bertz CT molecular complexity index is 2080. The lowest BCUT2D eigenvalue weighted by Gasteiger charge is -2.19. The third-order valence-electron chi connectivity index (χ3n) is 7.24. The van der Waals surface area contributed by atoms with Crippen molar-refractivity contribution in [2.24, 2.45) is 0 Å². The van der Waals surface area contributed by atoms with Gasteiger partial charge < -0.3 is 34.3 Å². The van der Waals surface area contributed by atoms with Gasteiger partial charge in [-0.25, -0.2) is 32.3 Å². The van der Waals surface area contributed by atoms with Gasteiger partial charge in [0.1, 0.15) is 35.3 Å². The van der Waals surface area contributed by atoms with Crippen molar-refractivity contribution in [3.63, 3.8) is 0 Å². The van der Waals surface area contributed by atoms with Crippen molar-refractivity contribution < 1.29 is 51.3 Å². The first kappa shape index (κ1) is 37.6. The van der Waals surface area contributed by atoms with Crippen LogP contribution in [-0.2, 0) is 27.5 Å². The number of rotatable bonds is 12. The van der Waals surface area contributed by atoms with E-state index >= 15 is 0 Å². The molecule has 2 heterocycles. The molecular formula is C33H32F4N6O8. The molecule has 2 aromatic carbocycles. The third kappa shape index (κ3) is 8.89. The molecule has 4 rings (SSSR count). The molecule has 0 aliphatic rings. The SMILES string of the molecule is CN(C)C(=O)/C=C/CC[C@H](OC(=O)N(C)C)C(=O)Nc1cccn(Cc2nc3c(OCc4ccc(F)cc4F)c(F)c(F)cc3n2C(=O)O)c1=O. The number of benzene rings is 2. The number of hydrogen-bond acceptors (Lipinski definition) is 8. The molecule has 4 aromatic rings. The average molecular weight is 717 g/mol. The largest absolute Gasteiger partial charge is 0.483 e. The third-order valence-corrected chi connectivity index (χ3v) is 7.24. The average Bonchev–Trinajstić information content (AvgIpc) is 3.42. The molecule has 0 unspecified atom stereocenters. The van der Waals surface area contributed by atoms with Crippen LogP contribution in [0.5, 0.6) is 5.75 Å². The highest BCUT2D eigenvalue weighted by atomic mass is 19.2. The number of carboxylic acid groups (broad SMARTS) is 1. The van der Waals surface area contributed by atoms with Crippen LogP contribution in [0.15, 0.2) is 59.5 Å². The zero-order chi connectivity index (χ0) is 37.6. The van der Waals surface area contributed by atoms with Gasteiger partial charge in [0.05, 0.1) is 12.1 Å². The number of likely N-dealkylation sites (N-methyl/N-ethyl adjacent to an activating group) is 1.